The molecule has 0 aliphatic carbocycles. The third-order valence-corrected chi connectivity index (χ3v) is 3.52. The lowest BCUT2D eigenvalue weighted by Crippen LogP contribution is -2.14. The van der Waals surface area contributed by atoms with E-state index in [1.165, 1.54) is 0 Å². The molecule has 0 bridgehead atoms. The number of benzene rings is 1. The van der Waals surface area contributed by atoms with Gasteiger partial charge in [0.15, 0.2) is 0 Å². The molecule has 4 heteroatoms. The number of hydrogen-bond donors (Lipinski definition) is 1. The summed E-state index contributed by atoms with van der Waals surface area (Å²) in [6.07, 6.45) is 3.01. The number of rotatable bonds is 2. The molecule has 1 heterocycles. The van der Waals surface area contributed by atoms with Gasteiger partial charge in [-0.05, 0) is 23.8 Å². The van der Waals surface area contributed by atoms with Crippen LogP contribution in [0.1, 0.15) is 18.0 Å². The zero-order valence-corrected chi connectivity index (χ0v) is 11.2. The molecular formula is C11H11Br2NO. The average molecular weight is 333 g/mol. The largest absolute Gasteiger partial charge is 0.496 e. The maximum absolute atomic E-state index is 6.11. The number of hydrogen-bond acceptors (Lipinski definition) is 2. The normalized spacial score (nSPS) is 17.1. The van der Waals surface area contributed by atoms with Gasteiger partial charge in [0.2, 0.25) is 0 Å². The minimum Gasteiger partial charge on any atom is -0.496 e. The van der Waals surface area contributed by atoms with Crippen molar-refractivity contribution in [3.05, 3.63) is 44.5 Å². The van der Waals surface area contributed by atoms with Crippen LogP contribution >= 0.6 is 31.9 Å². The molecule has 0 amide bonds. The summed E-state index contributed by atoms with van der Waals surface area (Å²) in [5, 5.41) is 0. The SMILES string of the molecule is NC(C1=CCCO1)c1ccc(Br)cc1Br. The van der Waals surface area contributed by atoms with Crippen LogP contribution in [-0.2, 0) is 4.74 Å². The summed E-state index contributed by atoms with van der Waals surface area (Å²) in [7, 11) is 0. The second-order valence-electron chi connectivity index (χ2n) is 3.39. The molecule has 0 aromatic heterocycles. The Bertz CT molecular complexity index is 404. The topological polar surface area (TPSA) is 35.2 Å². The third-order valence-electron chi connectivity index (χ3n) is 2.34. The lowest BCUT2D eigenvalue weighted by Gasteiger charge is -2.15. The Morgan fingerprint density at radius 2 is 2.13 bits per heavy atom. The fraction of sp³-hybridized carbons (Fsp3) is 0.273. The fourth-order valence-corrected chi connectivity index (χ4v) is 2.85. The quantitative estimate of drug-likeness (QED) is 0.899. The highest BCUT2D eigenvalue weighted by molar-refractivity contribution is 9.11. The molecule has 2 N–H and O–H groups in total. The highest BCUT2D eigenvalue weighted by Crippen LogP contribution is 2.31. The molecule has 0 saturated heterocycles. The molecule has 1 atom stereocenters. The standard InChI is InChI=1S/C11H11Br2NO/c12-7-3-4-8(9(13)6-7)11(14)10-2-1-5-15-10/h2-4,6,11H,1,5,14H2. The van der Waals surface area contributed by atoms with Crippen molar-refractivity contribution in [1.82, 2.24) is 0 Å². The van der Waals surface area contributed by atoms with E-state index >= 15 is 0 Å². The predicted octanol–water partition coefficient (Wildman–Crippen LogP) is 3.52. The van der Waals surface area contributed by atoms with Gasteiger partial charge in [-0.2, -0.15) is 0 Å². The van der Waals surface area contributed by atoms with E-state index in [2.05, 4.69) is 37.9 Å². The first kappa shape index (κ1) is 11.2. The van der Waals surface area contributed by atoms with Gasteiger partial charge in [-0.15, -0.1) is 0 Å². The Balaban J connectivity index is 2.28. The zero-order chi connectivity index (χ0) is 10.8. The summed E-state index contributed by atoms with van der Waals surface area (Å²) in [6, 6.07) is 5.80. The number of ether oxygens (including phenoxy) is 1. The molecule has 0 fully saturated rings. The van der Waals surface area contributed by atoms with E-state index in [4.69, 9.17) is 10.5 Å². The highest BCUT2D eigenvalue weighted by atomic mass is 79.9. The van der Waals surface area contributed by atoms with E-state index in [0.717, 1.165) is 33.3 Å². The highest BCUT2D eigenvalue weighted by Gasteiger charge is 2.18. The first-order valence-electron chi connectivity index (χ1n) is 4.72. The lowest BCUT2D eigenvalue weighted by atomic mass is 10.1. The third kappa shape index (κ3) is 2.44. The van der Waals surface area contributed by atoms with Gasteiger partial charge < -0.3 is 10.5 Å². The summed E-state index contributed by atoms with van der Waals surface area (Å²) in [5.41, 5.74) is 7.16. The molecule has 0 saturated carbocycles. The average Bonchev–Trinajstić information content (AvgIpc) is 2.69. The van der Waals surface area contributed by atoms with Gasteiger partial charge in [0, 0.05) is 15.4 Å². The van der Waals surface area contributed by atoms with Crippen molar-refractivity contribution in [2.24, 2.45) is 5.73 Å². The lowest BCUT2D eigenvalue weighted by molar-refractivity contribution is 0.225. The second-order valence-corrected chi connectivity index (χ2v) is 5.16. The van der Waals surface area contributed by atoms with Gasteiger partial charge in [-0.1, -0.05) is 37.9 Å². The van der Waals surface area contributed by atoms with Gasteiger partial charge >= 0.3 is 0 Å². The maximum Gasteiger partial charge on any atom is 0.113 e. The molecule has 1 aromatic carbocycles. The molecule has 0 spiro atoms. The molecule has 1 unspecified atom stereocenters. The summed E-state index contributed by atoms with van der Waals surface area (Å²) in [4.78, 5) is 0. The Morgan fingerprint density at radius 1 is 1.33 bits per heavy atom. The molecule has 80 valence electrons. The molecule has 2 nitrogen and oxygen atoms in total. The van der Waals surface area contributed by atoms with Crippen molar-refractivity contribution in [2.75, 3.05) is 6.61 Å². The predicted molar refractivity (Wildman–Crippen MR) is 67.4 cm³/mol. The summed E-state index contributed by atoms with van der Waals surface area (Å²) in [5.74, 6) is 0.873. The van der Waals surface area contributed by atoms with E-state index in [0.29, 0.717) is 0 Å². The Hall–Kier alpha value is -0.320. The Labute approximate surface area is 106 Å². The molecule has 2 rings (SSSR count). The van der Waals surface area contributed by atoms with Crippen LogP contribution < -0.4 is 5.73 Å². The minimum atomic E-state index is -0.171. The summed E-state index contributed by atoms with van der Waals surface area (Å²) >= 11 is 6.91. The molecular weight excluding hydrogens is 322 g/mol. The molecule has 0 radical (unpaired) electrons. The van der Waals surface area contributed by atoms with E-state index in [1.54, 1.807) is 0 Å². The first-order chi connectivity index (χ1) is 7.18. The van der Waals surface area contributed by atoms with Crippen LogP contribution in [0.15, 0.2) is 39.0 Å². The Kier molecular flexibility index (Phi) is 3.49. The smallest absolute Gasteiger partial charge is 0.113 e. The van der Waals surface area contributed by atoms with Gasteiger partial charge in [-0.25, -0.2) is 0 Å². The molecule has 1 aromatic rings. The molecule has 1 aliphatic rings. The van der Waals surface area contributed by atoms with Crippen molar-refractivity contribution in [1.29, 1.82) is 0 Å². The zero-order valence-electron chi connectivity index (χ0n) is 8.04. The van der Waals surface area contributed by atoms with Crippen molar-refractivity contribution in [3.8, 4) is 0 Å². The monoisotopic (exact) mass is 331 g/mol. The van der Waals surface area contributed by atoms with E-state index in [1.807, 2.05) is 18.2 Å². The van der Waals surface area contributed by atoms with Gasteiger partial charge in [0.25, 0.3) is 0 Å². The summed E-state index contributed by atoms with van der Waals surface area (Å²) in [6.45, 7) is 0.747. The van der Waals surface area contributed by atoms with Gasteiger partial charge in [0.1, 0.15) is 5.76 Å². The second kappa shape index (κ2) is 4.68. The maximum atomic E-state index is 6.11. The van der Waals surface area contributed by atoms with E-state index < -0.39 is 0 Å². The Morgan fingerprint density at radius 3 is 2.73 bits per heavy atom. The van der Waals surface area contributed by atoms with Crippen molar-refractivity contribution >= 4 is 31.9 Å². The number of halogens is 2. The number of nitrogens with two attached hydrogens (primary N) is 1. The minimum absolute atomic E-state index is 0.171. The van der Waals surface area contributed by atoms with Crippen LogP contribution in [0.3, 0.4) is 0 Å². The van der Waals surface area contributed by atoms with Crippen LogP contribution in [0.25, 0.3) is 0 Å². The van der Waals surface area contributed by atoms with Crippen LogP contribution in [0.5, 0.6) is 0 Å². The van der Waals surface area contributed by atoms with Crippen molar-refractivity contribution < 1.29 is 4.74 Å². The van der Waals surface area contributed by atoms with Gasteiger partial charge in [0.05, 0.1) is 12.6 Å². The van der Waals surface area contributed by atoms with Crippen LogP contribution in [0.4, 0.5) is 0 Å². The van der Waals surface area contributed by atoms with E-state index in [-0.39, 0.29) is 6.04 Å². The van der Waals surface area contributed by atoms with Crippen LogP contribution in [-0.4, -0.2) is 6.61 Å². The van der Waals surface area contributed by atoms with Crippen molar-refractivity contribution in [3.63, 3.8) is 0 Å². The van der Waals surface area contributed by atoms with Crippen molar-refractivity contribution in [2.45, 2.75) is 12.5 Å². The molecule has 15 heavy (non-hydrogen) atoms. The van der Waals surface area contributed by atoms with Gasteiger partial charge in [-0.3, -0.25) is 0 Å². The molecule has 1 aliphatic heterocycles. The van der Waals surface area contributed by atoms with E-state index in [9.17, 15) is 0 Å². The first-order valence-corrected chi connectivity index (χ1v) is 6.30. The summed E-state index contributed by atoms with van der Waals surface area (Å²) < 4.78 is 7.49. The van der Waals surface area contributed by atoms with Crippen LogP contribution in [0, 0.1) is 0 Å². The van der Waals surface area contributed by atoms with Crippen LogP contribution in [0.2, 0.25) is 0 Å². The fourth-order valence-electron chi connectivity index (χ4n) is 1.56.